The number of halogens is 4. The molecule has 0 aliphatic rings. The number of nitrogens with zero attached hydrogens (tertiary/aromatic N) is 1. The third-order valence-electron chi connectivity index (χ3n) is 2.68. The van der Waals surface area contributed by atoms with E-state index in [-0.39, 0.29) is 6.61 Å². The van der Waals surface area contributed by atoms with E-state index in [0.29, 0.717) is 37.0 Å². The summed E-state index contributed by atoms with van der Waals surface area (Å²) in [4.78, 5) is 0. The number of benzene rings is 2. The van der Waals surface area contributed by atoms with Crippen LogP contribution in [-0.4, -0.2) is 11.4 Å². The Kier molecular flexibility index (Phi) is 5.59. The van der Waals surface area contributed by atoms with Gasteiger partial charge in [0.1, 0.15) is 12.4 Å². The SMILES string of the molecule is ON=Cc1cc(Cl)ccc1OCc1c(Cl)ccc(Cl)c1Cl. The molecular formula is C14H9Cl4NO2. The maximum atomic E-state index is 8.66. The Morgan fingerprint density at radius 2 is 1.76 bits per heavy atom. The van der Waals surface area contributed by atoms with Crippen LogP contribution in [0.4, 0.5) is 0 Å². The van der Waals surface area contributed by atoms with Gasteiger partial charge in [0, 0.05) is 21.2 Å². The summed E-state index contributed by atoms with van der Waals surface area (Å²) in [5.74, 6) is 0.476. The minimum Gasteiger partial charge on any atom is -0.488 e. The summed E-state index contributed by atoms with van der Waals surface area (Å²) < 4.78 is 5.66. The van der Waals surface area contributed by atoms with Crippen LogP contribution in [0, 0.1) is 0 Å². The van der Waals surface area contributed by atoms with E-state index in [0.717, 1.165) is 0 Å². The zero-order valence-electron chi connectivity index (χ0n) is 10.5. The molecule has 7 heteroatoms. The van der Waals surface area contributed by atoms with Crippen LogP contribution >= 0.6 is 46.4 Å². The van der Waals surface area contributed by atoms with Crippen LogP contribution < -0.4 is 4.74 Å². The lowest BCUT2D eigenvalue weighted by molar-refractivity contribution is 0.304. The van der Waals surface area contributed by atoms with E-state index >= 15 is 0 Å². The molecule has 3 nitrogen and oxygen atoms in total. The lowest BCUT2D eigenvalue weighted by Crippen LogP contribution is -2.00. The molecule has 0 saturated carbocycles. The fourth-order valence-corrected chi connectivity index (χ4v) is 2.50. The van der Waals surface area contributed by atoms with Crippen molar-refractivity contribution in [3.63, 3.8) is 0 Å². The van der Waals surface area contributed by atoms with Crippen molar-refractivity contribution >= 4 is 52.6 Å². The molecule has 0 fully saturated rings. The third-order valence-corrected chi connectivity index (χ3v) is 4.11. The fraction of sp³-hybridized carbons (Fsp3) is 0.0714. The molecule has 21 heavy (non-hydrogen) atoms. The second kappa shape index (κ2) is 7.23. The van der Waals surface area contributed by atoms with Crippen molar-refractivity contribution in [2.75, 3.05) is 0 Å². The van der Waals surface area contributed by atoms with Crippen molar-refractivity contribution in [2.45, 2.75) is 6.61 Å². The Balaban J connectivity index is 2.27. The Morgan fingerprint density at radius 1 is 1.05 bits per heavy atom. The molecule has 0 aliphatic carbocycles. The summed E-state index contributed by atoms with van der Waals surface area (Å²) in [7, 11) is 0. The van der Waals surface area contributed by atoms with Crippen LogP contribution in [-0.2, 0) is 6.61 Å². The number of hydrogen-bond donors (Lipinski definition) is 1. The molecule has 110 valence electrons. The number of oxime groups is 1. The molecule has 0 aliphatic heterocycles. The highest BCUT2D eigenvalue weighted by Gasteiger charge is 2.11. The highest BCUT2D eigenvalue weighted by Crippen LogP contribution is 2.32. The molecule has 0 unspecified atom stereocenters. The number of ether oxygens (including phenoxy) is 1. The van der Waals surface area contributed by atoms with Crippen LogP contribution in [0.15, 0.2) is 35.5 Å². The first-order valence-corrected chi connectivity index (χ1v) is 7.26. The largest absolute Gasteiger partial charge is 0.488 e. The van der Waals surface area contributed by atoms with Crippen molar-refractivity contribution in [2.24, 2.45) is 5.16 Å². The molecule has 2 aromatic rings. The zero-order valence-corrected chi connectivity index (χ0v) is 13.5. The van der Waals surface area contributed by atoms with Crippen LogP contribution in [0.25, 0.3) is 0 Å². The molecule has 0 heterocycles. The van der Waals surface area contributed by atoms with Crippen molar-refractivity contribution in [1.29, 1.82) is 0 Å². The average Bonchev–Trinajstić information content (AvgIpc) is 2.45. The molecule has 2 aromatic carbocycles. The van der Waals surface area contributed by atoms with E-state index in [1.807, 2.05) is 0 Å². The summed E-state index contributed by atoms with van der Waals surface area (Å²) in [6, 6.07) is 8.19. The van der Waals surface area contributed by atoms with Crippen LogP contribution in [0.3, 0.4) is 0 Å². The van der Waals surface area contributed by atoms with Crippen molar-refractivity contribution in [3.05, 3.63) is 61.5 Å². The van der Waals surface area contributed by atoms with Gasteiger partial charge in [-0.05, 0) is 30.3 Å². The highest BCUT2D eigenvalue weighted by molar-refractivity contribution is 6.44. The smallest absolute Gasteiger partial charge is 0.128 e. The average molecular weight is 365 g/mol. The minimum absolute atomic E-state index is 0.117. The van der Waals surface area contributed by atoms with Gasteiger partial charge < -0.3 is 9.94 Å². The van der Waals surface area contributed by atoms with Gasteiger partial charge in [0.25, 0.3) is 0 Å². The zero-order chi connectivity index (χ0) is 15.4. The van der Waals surface area contributed by atoms with E-state index in [1.54, 1.807) is 30.3 Å². The predicted molar refractivity (Wildman–Crippen MR) is 86.6 cm³/mol. The second-order valence-electron chi connectivity index (χ2n) is 4.04. The maximum Gasteiger partial charge on any atom is 0.128 e. The summed E-state index contributed by atoms with van der Waals surface area (Å²) in [5, 5.41) is 13.3. The van der Waals surface area contributed by atoms with E-state index in [2.05, 4.69) is 5.16 Å². The molecule has 0 spiro atoms. The molecule has 2 rings (SSSR count). The third kappa shape index (κ3) is 3.95. The topological polar surface area (TPSA) is 41.8 Å². The number of rotatable bonds is 4. The molecule has 0 saturated heterocycles. The second-order valence-corrected chi connectivity index (χ2v) is 5.67. The Morgan fingerprint density at radius 3 is 2.48 bits per heavy atom. The lowest BCUT2D eigenvalue weighted by atomic mass is 10.2. The first kappa shape index (κ1) is 16.2. The summed E-state index contributed by atoms with van der Waals surface area (Å²) in [5.41, 5.74) is 1.10. The molecule has 0 amide bonds. The number of hydrogen-bond acceptors (Lipinski definition) is 3. The highest BCUT2D eigenvalue weighted by atomic mass is 35.5. The van der Waals surface area contributed by atoms with Crippen molar-refractivity contribution in [1.82, 2.24) is 0 Å². The molecule has 0 atom stereocenters. The standard InChI is InChI=1S/C14H9Cl4NO2/c15-9-1-4-13(8(5-9)6-19-20)21-7-10-11(16)2-3-12(17)14(10)18/h1-6,20H,7H2. The van der Waals surface area contributed by atoms with Gasteiger partial charge in [-0.2, -0.15) is 0 Å². The van der Waals surface area contributed by atoms with Gasteiger partial charge in [-0.1, -0.05) is 51.6 Å². The van der Waals surface area contributed by atoms with Gasteiger partial charge in [0.15, 0.2) is 0 Å². The van der Waals surface area contributed by atoms with Crippen LogP contribution in [0.1, 0.15) is 11.1 Å². The summed E-state index contributed by atoms with van der Waals surface area (Å²) >= 11 is 24.0. The van der Waals surface area contributed by atoms with Crippen LogP contribution in [0.5, 0.6) is 5.75 Å². The monoisotopic (exact) mass is 363 g/mol. The lowest BCUT2D eigenvalue weighted by Gasteiger charge is -2.12. The Hall–Kier alpha value is -1.13. The van der Waals surface area contributed by atoms with E-state index in [4.69, 9.17) is 56.3 Å². The Labute approximate surface area is 141 Å². The van der Waals surface area contributed by atoms with Crippen LogP contribution in [0.2, 0.25) is 20.1 Å². The minimum atomic E-state index is 0.117. The molecule has 0 radical (unpaired) electrons. The van der Waals surface area contributed by atoms with Crippen molar-refractivity contribution in [3.8, 4) is 5.75 Å². The first-order valence-electron chi connectivity index (χ1n) is 5.75. The van der Waals surface area contributed by atoms with Gasteiger partial charge in [0.2, 0.25) is 0 Å². The van der Waals surface area contributed by atoms with E-state index in [9.17, 15) is 0 Å². The van der Waals surface area contributed by atoms with Gasteiger partial charge in [-0.15, -0.1) is 0 Å². The van der Waals surface area contributed by atoms with Gasteiger partial charge >= 0.3 is 0 Å². The fourth-order valence-electron chi connectivity index (χ4n) is 1.67. The molecule has 0 bridgehead atoms. The van der Waals surface area contributed by atoms with Crippen molar-refractivity contribution < 1.29 is 9.94 Å². The van der Waals surface area contributed by atoms with E-state index in [1.165, 1.54) is 6.21 Å². The summed E-state index contributed by atoms with van der Waals surface area (Å²) in [6.07, 6.45) is 1.22. The molecule has 0 aromatic heterocycles. The van der Waals surface area contributed by atoms with Gasteiger partial charge in [-0.3, -0.25) is 0 Å². The predicted octanol–water partition coefficient (Wildman–Crippen LogP) is 5.69. The maximum absolute atomic E-state index is 8.66. The van der Waals surface area contributed by atoms with Gasteiger partial charge in [0.05, 0.1) is 16.3 Å². The first-order chi connectivity index (χ1) is 10.0. The summed E-state index contributed by atoms with van der Waals surface area (Å²) in [6.45, 7) is 0.117. The Bertz CT molecular complexity index is 689. The molecular weight excluding hydrogens is 356 g/mol. The molecule has 1 N–H and O–H groups in total. The van der Waals surface area contributed by atoms with E-state index < -0.39 is 0 Å². The quantitative estimate of drug-likeness (QED) is 0.328. The normalized spacial score (nSPS) is 11.0. The van der Waals surface area contributed by atoms with Gasteiger partial charge in [-0.25, -0.2) is 0 Å².